The Hall–Kier alpha value is -2.15. The standard InChI is InChI=1S/C10H9N3O3S/c1-5-4-7(13-12-5)9(14)11-6-2-3-17-8(6)10(15)16/h2-4H,1H3,(H,11,14)(H,12,13)(H,15,16). The van der Waals surface area contributed by atoms with E-state index in [9.17, 15) is 9.59 Å². The Morgan fingerprint density at radius 3 is 2.88 bits per heavy atom. The zero-order chi connectivity index (χ0) is 12.4. The number of hydrogen-bond donors (Lipinski definition) is 3. The average molecular weight is 251 g/mol. The van der Waals surface area contributed by atoms with Gasteiger partial charge >= 0.3 is 5.97 Å². The number of nitrogens with one attached hydrogen (secondary N) is 2. The number of aromatic nitrogens is 2. The monoisotopic (exact) mass is 251 g/mol. The molecule has 0 atom stereocenters. The summed E-state index contributed by atoms with van der Waals surface area (Å²) in [4.78, 5) is 22.7. The van der Waals surface area contributed by atoms with Gasteiger partial charge in [0.15, 0.2) is 5.69 Å². The summed E-state index contributed by atoms with van der Waals surface area (Å²) in [5.74, 6) is -1.50. The number of amides is 1. The van der Waals surface area contributed by atoms with Crippen LogP contribution in [0.5, 0.6) is 0 Å². The fourth-order valence-corrected chi connectivity index (χ4v) is 1.98. The van der Waals surface area contributed by atoms with E-state index in [1.807, 2.05) is 0 Å². The second-order valence-corrected chi connectivity index (χ2v) is 4.27. The normalized spacial score (nSPS) is 10.2. The minimum absolute atomic E-state index is 0.102. The largest absolute Gasteiger partial charge is 0.477 e. The number of carbonyl (C=O) groups is 2. The first-order chi connectivity index (χ1) is 8.08. The highest BCUT2D eigenvalue weighted by Crippen LogP contribution is 2.22. The topological polar surface area (TPSA) is 95.1 Å². The Morgan fingerprint density at radius 2 is 2.29 bits per heavy atom. The van der Waals surface area contributed by atoms with E-state index < -0.39 is 11.9 Å². The van der Waals surface area contributed by atoms with Crippen molar-refractivity contribution in [2.45, 2.75) is 6.92 Å². The maximum atomic E-state index is 11.7. The van der Waals surface area contributed by atoms with Crippen LogP contribution in [-0.2, 0) is 0 Å². The van der Waals surface area contributed by atoms with Crippen molar-refractivity contribution in [2.75, 3.05) is 5.32 Å². The molecule has 2 rings (SSSR count). The van der Waals surface area contributed by atoms with Crippen LogP contribution in [0.2, 0.25) is 0 Å². The highest BCUT2D eigenvalue weighted by Gasteiger charge is 2.16. The van der Waals surface area contributed by atoms with E-state index in [1.54, 1.807) is 24.4 Å². The lowest BCUT2D eigenvalue weighted by atomic mass is 10.3. The van der Waals surface area contributed by atoms with E-state index in [4.69, 9.17) is 5.11 Å². The van der Waals surface area contributed by atoms with Crippen molar-refractivity contribution in [3.8, 4) is 0 Å². The highest BCUT2D eigenvalue weighted by molar-refractivity contribution is 7.12. The fourth-order valence-electron chi connectivity index (χ4n) is 1.29. The molecule has 0 unspecified atom stereocenters. The molecule has 6 nitrogen and oxygen atoms in total. The predicted molar refractivity (Wildman–Crippen MR) is 62.6 cm³/mol. The van der Waals surface area contributed by atoms with Gasteiger partial charge in [-0.15, -0.1) is 11.3 Å². The first-order valence-corrected chi connectivity index (χ1v) is 5.60. The lowest BCUT2D eigenvalue weighted by molar-refractivity contribution is 0.0703. The van der Waals surface area contributed by atoms with E-state index in [2.05, 4.69) is 15.5 Å². The van der Waals surface area contributed by atoms with Gasteiger partial charge in [-0.3, -0.25) is 9.89 Å². The summed E-state index contributed by atoms with van der Waals surface area (Å²) in [6.45, 7) is 1.77. The molecular weight excluding hydrogens is 242 g/mol. The number of aromatic carboxylic acids is 1. The summed E-state index contributed by atoms with van der Waals surface area (Å²) in [5.41, 5.74) is 1.28. The Labute approximate surface area is 100 Å². The van der Waals surface area contributed by atoms with Gasteiger partial charge in [0.1, 0.15) is 4.88 Å². The Morgan fingerprint density at radius 1 is 1.53 bits per heavy atom. The summed E-state index contributed by atoms with van der Waals surface area (Å²) in [6.07, 6.45) is 0. The lowest BCUT2D eigenvalue weighted by Gasteiger charge is -2.01. The third-order valence-electron chi connectivity index (χ3n) is 2.05. The molecule has 88 valence electrons. The van der Waals surface area contributed by atoms with Crippen molar-refractivity contribution in [3.05, 3.63) is 33.8 Å². The van der Waals surface area contributed by atoms with E-state index in [-0.39, 0.29) is 16.3 Å². The van der Waals surface area contributed by atoms with Gasteiger partial charge in [0.2, 0.25) is 0 Å². The Balaban J connectivity index is 2.18. The van der Waals surface area contributed by atoms with Gasteiger partial charge < -0.3 is 10.4 Å². The van der Waals surface area contributed by atoms with Gasteiger partial charge in [-0.1, -0.05) is 0 Å². The maximum Gasteiger partial charge on any atom is 0.348 e. The van der Waals surface area contributed by atoms with Crippen molar-refractivity contribution in [2.24, 2.45) is 0 Å². The van der Waals surface area contributed by atoms with E-state index in [0.717, 1.165) is 17.0 Å². The number of anilines is 1. The molecule has 0 saturated carbocycles. The minimum atomic E-state index is -1.06. The van der Waals surface area contributed by atoms with Crippen LogP contribution in [0.4, 0.5) is 5.69 Å². The summed E-state index contributed by atoms with van der Waals surface area (Å²) in [5, 5.41) is 19.4. The third kappa shape index (κ3) is 2.34. The molecule has 2 aromatic rings. The molecule has 2 aromatic heterocycles. The van der Waals surface area contributed by atoms with Crippen LogP contribution in [0.15, 0.2) is 17.5 Å². The van der Waals surface area contributed by atoms with Crippen LogP contribution in [0.25, 0.3) is 0 Å². The Kier molecular flexibility index (Phi) is 2.92. The van der Waals surface area contributed by atoms with Crippen LogP contribution < -0.4 is 5.32 Å². The van der Waals surface area contributed by atoms with Crippen LogP contribution >= 0.6 is 11.3 Å². The van der Waals surface area contributed by atoms with Crippen LogP contribution in [-0.4, -0.2) is 27.2 Å². The number of carboxylic acid groups (broad SMARTS) is 1. The van der Waals surface area contributed by atoms with Gasteiger partial charge in [0.05, 0.1) is 5.69 Å². The second kappa shape index (κ2) is 4.38. The van der Waals surface area contributed by atoms with Crippen molar-refractivity contribution in [1.29, 1.82) is 0 Å². The van der Waals surface area contributed by atoms with Crippen molar-refractivity contribution in [3.63, 3.8) is 0 Å². The number of rotatable bonds is 3. The molecule has 0 spiro atoms. The number of thiophene rings is 1. The molecule has 0 bridgehead atoms. The van der Waals surface area contributed by atoms with Crippen LogP contribution in [0, 0.1) is 6.92 Å². The SMILES string of the molecule is Cc1cc(C(=O)Nc2ccsc2C(=O)O)n[nH]1. The number of carboxylic acids is 1. The summed E-state index contributed by atoms with van der Waals surface area (Å²) < 4.78 is 0. The quantitative estimate of drug-likeness (QED) is 0.774. The molecule has 7 heteroatoms. The molecule has 1 amide bonds. The van der Waals surface area contributed by atoms with Crippen molar-refractivity contribution >= 4 is 28.9 Å². The molecule has 3 N–H and O–H groups in total. The molecule has 0 aromatic carbocycles. The number of carbonyl (C=O) groups excluding carboxylic acids is 1. The first-order valence-electron chi connectivity index (χ1n) is 4.72. The smallest absolute Gasteiger partial charge is 0.348 e. The van der Waals surface area contributed by atoms with Gasteiger partial charge in [-0.05, 0) is 24.4 Å². The average Bonchev–Trinajstić information content (AvgIpc) is 2.86. The highest BCUT2D eigenvalue weighted by atomic mass is 32.1. The number of H-pyrrole nitrogens is 1. The minimum Gasteiger partial charge on any atom is -0.477 e. The van der Waals surface area contributed by atoms with E-state index in [0.29, 0.717) is 0 Å². The molecule has 0 radical (unpaired) electrons. The van der Waals surface area contributed by atoms with Gasteiger partial charge in [-0.2, -0.15) is 5.10 Å². The zero-order valence-electron chi connectivity index (χ0n) is 8.85. The molecule has 17 heavy (non-hydrogen) atoms. The van der Waals surface area contributed by atoms with Gasteiger partial charge in [0.25, 0.3) is 5.91 Å². The Bertz CT molecular complexity index is 573. The third-order valence-corrected chi connectivity index (χ3v) is 2.95. The predicted octanol–water partition coefficient (Wildman–Crippen LogP) is 1.73. The van der Waals surface area contributed by atoms with Gasteiger partial charge in [-0.25, -0.2) is 4.79 Å². The molecular formula is C10H9N3O3S. The molecule has 0 fully saturated rings. The molecule has 0 saturated heterocycles. The first kappa shape index (κ1) is 11.3. The van der Waals surface area contributed by atoms with Crippen molar-refractivity contribution in [1.82, 2.24) is 10.2 Å². The van der Waals surface area contributed by atoms with Crippen LogP contribution in [0.1, 0.15) is 25.9 Å². The van der Waals surface area contributed by atoms with E-state index in [1.165, 1.54) is 0 Å². The number of aryl methyl sites for hydroxylation is 1. The fraction of sp³-hybridized carbons (Fsp3) is 0.100. The molecule has 2 heterocycles. The summed E-state index contributed by atoms with van der Waals surface area (Å²) in [7, 11) is 0. The molecule has 0 aliphatic carbocycles. The summed E-state index contributed by atoms with van der Waals surface area (Å²) in [6, 6.07) is 3.13. The van der Waals surface area contributed by atoms with Gasteiger partial charge in [0, 0.05) is 5.69 Å². The summed E-state index contributed by atoms with van der Waals surface area (Å²) >= 11 is 1.06. The van der Waals surface area contributed by atoms with E-state index >= 15 is 0 Å². The number of nitrogens with zero attached hydrogens (tertiary/aromatic N) is 1. The molecule has 0 aliphatic heterocycles. The zero-order valence-corrected chi connectivity index (χ0v) is 9.67. The second-order valence-electron chi connectivity index (χ2n) is 3.36. The van der Waals surface area contributed by atoms with Crippen molar-refractivity contribution < 1.29 is 14.7 Å². The molecule has 0 aliphatic rings. The van der Waals surface area contributed by atoms with Crippen LogP contribution in [0.3, 0.4) is 0 Å². The number of aromatic amines is 1. The maximum absolute atomic E-state index is 11.7. The lowest BCUT2D eigenvalue weighted by Crippen LogP contribution is -2.13. The number of hydrogen-bond acceptors (Lipinski definition) is 4.